The highest BCUT2D eigenvalue weighted by Crippen LogP contribution is 2.32. The van der Waals surface area contributed by atoms with Gasteiger partial charge >= 0.3 is 0 Å². The van der Waals surface area contributed by atoms with Crippen LogP contribution in [0.25, 0.3) is 22.1 Å². The molecule has 7 heteroatoms. The molecule has 0 N–H and O–H groups in total. The summed E-state index contributed by atoms with van der Waals surface area (Å²) in [6.07, 6.45) is 1.74. The molecule has 0 saturated heterocycles. The molecule has 24 heavy (non-hydrogen) atoms. The molecule has 3 aromatic heterocycles. The van der Waals surface area contributed by atoms with Gasteiger partial charge in [-0.15, -0.1) is 0 Å². The summed E-state index contributed by atoms with van der Waals surface area (Å²) in [6, 6.07) is 7.24. The molecule has 0 radical (unpaired) electrons. The molecule has 0 saturated carbocycles. The van der Waals surface area contributed by atoms with Crippen LogP contribution in [0.1, 0.15) is 11.5 Å². The number of imidazole rings is 1. The molecule has 0 bridgehead atoms. The Bertz CT molecular complexity index is 1170. The summed E-state index contributed by atoms with van der Waals surface area (Å²) in [5.74, 6) is 2.60. The van der Waals surface area contributed by atoms with E-state index in [0.717, 1.165) is 5.76 Å². The Hall–Kier alpha value is -2.80. The highest BCUT2D eigenvalue weighted by atomic mass is 32.1. The Morgan fingerprint density at radius 1 is 1.21 bits per heavy atom. The van der Waals surface area contributed by atoms with Crippen molar-refractivity contribution in [1.82, 2.24) is 9.38 Å². The monoisotopic (exact) mass is 342 g/mol. The van der Waals surface area contributed by atoms with Crippen LogP contribution in [0.2, 0.25) is 0 Å². The van der Waals surface area contributed by atoms with Crippen LogP contribution in [-0.2, 0) is 0 Å². The van der Waals surface area contributed by atoms with Gasteiger partial charge in [-0.1, -0.05) is 11.3 Å². The normalized spacial score (nSPS) is 12.4. The number of thiazole rings is 1. The van der Waals surface area contributed by atoms with Crippen molar-refractivity contribution < 1.29 is 13.9 Å². The van der Waals surface area contributed by atoms with Crippen LogP contribution in [0, 0.1) is 6.92 Å². The van der Waals surface area contributed by atoms with Crippen molar-refractivity contribution in [3.8, 4) is 11.5 Å². The lowest BCUT2D eigenvalue weighted by Crippen LogP contribution is -2.22. The molecule has 0 unspecified atom stereocenters. The van der Waals surface area contributed by atoms with E-state index in [0.29, 0.717) is 37.8 Å². The predicted octanol–water partition coefficient (Wildman–Crippen LogP) is 2.38. The van der Waals surface area contributed by atoms with Gasteiger partial charge in [-0.05, 0) is 19.1 Å². The lowest BCUT2D eigenvalue weighted by molar-refractivity contribution is 0.355. The average Bonchev–Trinajstić information content (AvgIpc) is 3.22. The van der Waals surface area contributed by atoms with Crippen molar-refractivity contribution in [2.24, 2.45) is 0 Å². The lowest BCUT2D eigenvalue weighted by atomic mass is 10.2. The van der Waals surface area contributed by atoms with E-state index < -0.39 is 0 Å². The number of aromatic nitrogens is 2. The second kappa shape index (κ2) is 5.38. The van der Waals surface area contributed by atoms with Gasteiger partial charge < -0.3 is 13.9 Å². The van der Waals surface area contributed by atoms with Gasteiger partial charge in [-0.3, -0.25) is 4.79 Å². The number of hydrogen-bond donors (Lipinski definition) is 0. The first-order chi connectivity index (χ1) is 11.6. The molecule has 0 aliphatic heterocycles. The molecule has 1 aromatic carbocycles. The van der Waals surface area contributed by atoms with E-state index >= 15 is 0 Å². The van der Waals surface area contributed by atoms with E-state index in [1.807, 2.05) is 19.1 Å². The van der Waals surface area contributed by atoms with Crippen LogP contribution in [0.5, 0.6) is 11.5 Å². The summed E-state index contributed by atoms with van der Waals surface area (Å²) in [5.41, 5.74) is 1.26. The summed E-state index contributed by atoms with van der Waals surface area (Å²) in [4.78, 5) is 17.9. The van der Waals surface area contributed by atoms with Gasteiger partial charge in [0, 0.05) is 18.2 Å². The molecule has 0 atom stereocenters. The first kappa shape index (κ1) is 14.8. The minimum absolute atomic E-state index is 0.126. The number of fused-ring (bicyclic) bond motifs is 3. The van der Waals surface area contributed by atoms with Crippen molar-refractivity contribution in [3.63, 3.8) is 0 Å². The van der Waals surface area contributed by atoms with Gasteiger partial charge in [0.1, 0.15) is 16.1 Å². The Kier molecular flexibility index (Phi) is 3.31. The quantitative estimate of drug-likeness (QED) is 0.572. The number of ether oxygens (including phenoxy) is 2. The molecule has 6 nitrogen and oxygen atoms in total. The fourth-order valence-electron chi connectivity index (χ4n) is 2.65. The van der Waals surface area contributed by atoms with E-state index in [1.54, 1.807) is 36.8 Å². The minimum atomic E-state index is -0.126. The highest BCUT2D eigenvalue weighted by Gasteiger charge is 2.15. The number of nitrogens with zero attached hydrogens (tertiary/aromatic N) is 2. The number of benzene rings is 1. The van der Waals surface area contributed by atoms with Crippen LogP contribution in [-0.4, -0.2) is 23.6 Å². The maximum atomic E-state index is 12.8. The molecular formula is C17H14N2O4S. The minimum Gasteiger partial charge on any atom is -0.493 e. The van der Waals surface area contributed by atoms with Crippen molar-refractivity contribution in [2.75, 3.05) is 14.2 Å². The van der Waals surface area contributed by atoms with Crippen LogP contribution in [0.15, 0.2) is 33.5 Å². The highest BCUT2D eigenvalue weighted by molar-refractivity contribution is 7.15. The van der Waals surface area contributed by atoms with Gasteiger partial charge in [0.05, 0.1) is 25.3 Å². The number of rotatable bonds is 3. The van der Waals surface area contributed by atoms with Crippen molar-refractivity contribution in [3.05, 3.63) is 50.7 Å². The third-order valence-electron chi connectivity index (χ3n) is 3.78. The lowest BCUT2D eigenvalue weighted by Gasteiger charge is -2.06. The Morgan fingerprint density at radius 3 is 2.62 bits per heavy atom. The van der Waals surface area contributed by atoms with E-state index in [4.69, 9.17) is 13.9 Å². The van der Waals surface area contributed by atoms with Gasteiger partial charge in [-0.25, -0.2) is 9.38 Å². The topological polar surface area (TPSA) is 66.0 Å². The number of methoxy groups -OCH3 is 2. The molecule has 0 spiro atoms. The molecule has 4 rings (SSSR count). The van der Waals surface area contributed by atoms with Gasteiger partial charge in [-0.2, -0.15) is 0 Å². The third-order valence-corrected chi connectivity index (χ3v) is 4.75. The Balaban J connectivity index is 2.00. The second-order valence-electron chi connectivity index (χ2n) is 5.29. The fraction of sp³-hybridized carbons (Fsp3) is 0.176. The SMILES string of the molecule is COc1cc2nc3s/c(=C/c4ccc(C)o4)c(=O)n3c2cc1OC. The summed E-state index contributed by atoms with van der Waals surface area (Å²) in [6.45, 7) is 1.86. The number of furan rings is 1. The zero-order chi connectivity index (χ0) is 16.8. The fourth-order valence-corrected chi connectivity index (χ4v) is 3.62. The standard InChI is InChI=1S/C17H14N2O4S/c1-9-4-5-10(23-9)6-15-16(20)19-12-8-14(22-3)13(21-2)7-11(12)18-17(19)24-15/h4-8H,1-3H3/b15-6+. The molecular weight excluding hydrogens is 328 g/mol. The smallest absolute Gasteiger partial charge is 0.275 e. The summed E-state index contributed by atoms with van der Waals surface area (Å²) in [5, 5.41) is 0. The van der Waals surface area contributed by atoms with Gasteiger partial charge in [0.2, 0.25) is 0 Å². The van der Waals surface area contributed by atoms with E-state index in [2.05, 4.69) is 4.98 Å². The predicted molar refractivity (Wildman–Crippen MR) is 92.2 cm³/mol. The zero-order valence-corrected chi connectivity index (χ0v) is 14.1. The maximum Gasteiger partial charge on any atom is 0.275 e. The first-order valence-electron chi connectivity index (χ1n) is 7.26. The zero-order valence-electron chi connectivity index (χ0n) is 13.3. The molecule has 0 fully saturated rings. The third kappa shape index (κ3) is 2.16. The molecule has 122 valence electrons. The summed E-state index contributed by atoms with van der Waals surface area (Å²) >= 11 is 1.32. The molecule has 0 amide bonds. The van der Waals surface area contributed by atoms with Crippen molar-refractivity contribution >= 4 is 33.4 Å². The second-order valence-corrected chi connectivity index (χ2v) is 6.30. The van der Waals surface area contributed by atoms with Crippen LogP contribution in [0.3, 0.4) is 0 Å². The molecule has 0 aliphatic carbocycles. The average molecular weight is 342 g/mol. The van der Waals surface area contributed by atoms with Crippen LogP contribution in [0.4, 0.5) is 0 Å². The number of hydrogen-bond acceptors (Lipinski definition) is 6. The van der Waals surface area contributed by atoms with Crippen molar-refractivity contribution in [1.29, 1.82) is 0 Å². The van der Waals surface area contributed by atoms with E-state index in [9.17, 15) is 4.79 Å². The largest absolute Gasteiger partial charge is 0.493 e. The molecule has 4 aromatic rings. The Labute approximate surface area is 140 Å². The molecule has 0 aliphatic rings. The van der Waals surface area contributed by atoms with E-state index in [1.165, 1.54) is 11.3 Å². The van der Waals surface area contributed by atoms with Gasteiger partial charge in [0.25, 0.3) is 5.56 Å². The Morgan fingerprint density at radius 2 is 1.96 bits per heavy atom. The first-order valence-corrected chi connectivity index (χ1v) is 8.07. The van der Waals surface area contributed by atoms with Crippen LogP contribution >= 0.6 is 11.3 Å². The van der Waals surface area contributed by atoms with Crippen molar-refractivity contribution in [2.45, 2.75) is 6.92 Å². The summed E-state index contributed by atoms with van der Waals surface area (Å²) in [7, 11) is 3.13. The molecule has 3 heterocycles. The summed E-state index contributed by atoms with van der Waals surface area (Å²) < 4.78 is 18.3. The maximum absolute atomic E-state index is 12.8. The van der Waals surface area contributed by atoms with Crippen LogP contribution < -0.4 is 19.6 Å². The number of aryl methyl sites for hydroxylation is 1. The van der Waals surface area contributed by atoms with Gasteiger partial charge in [0.15, 0.2) is 16.5 Å². The van der Waals surface area contributed by atoms with E-state index in [-0.39, 0.29) is 5.56 Å².